The van der Waals surface area contributed by atoms with E-state index in [0.29, 0.717) is 16.6 Å². The Labute approximate surface area is 112 Å². The number of hydroxylamine groups is 2. The Morgan fingerprint density at radius 3 is 3.05 bits per heavy atom. The summed E-state index contributed by atoms with van der Waals surface area (Å²) < 4.78 is 11.7. The largest absolute Gasteiger partial charge is 0.454 e. The summed E-state index contributed by atoms with van der Waals surface area (Å²) in [5, 5.41) is 11.1. The second-order valence-electron chi connectivity index (χ2n) is 4.23. The number of nitrogens with zero attached hydrogens (tertiary/aromatic N) is 1. The third-order valence-corrected chi connectivity index (χ3v) is 4.37. The summed E-state index contributed by atoms with van der Waals surface area (Å²) >= 11 is 1.44. The quantitative estimate of drug-likeness (QED) is 0.653. The van der Waals surface area contributed by atoms with Crippen LogP contribution in [0.25, 0.3) is 10.1 Å². The van der Waals surface area contributed by atoms with Crippen LogP contribution in [-0.4, -0.2) is 23.1 Å². The van der Waals surface area contributed by atoms with Gasteiger partial charge in [-0.2, -0.15) is 5.06 Å². The molecule has 0 aliphatic carbocycles. The van der Waals surface area contributed by atoms with Crippen molar-refractivity contribution < 1.29 is 19.5 Å². The SMILES string of the molecule is CC(c1cc2ccc3c(c2s1)OCO3)N(O)C(N)=O. The first kappa shape index (κ1) is 12.1. The smallest absolute Gasteiger partial charge is 0.339 e. The van der Waals surface area contributed by atoms with Gasteiger partial charge < -0.3 is 15.2 Å². The molecule has 0 radical (unpaired) electrons. The average molecular weight is 280 g/mol. The first-order chi connectivity index (χ1) is 9.08. The highest BCUT2D eigenvalue weighted by Crippen LogP contribution is 2.44. The summed E-state index contributed by atoms with van der Waals surface area (Å²) in [7, 11) is 0. The van der Waals surface area contributed by atoms with Crippen LogP contribution in [-0.2, 0) is 0 Å². The first-order valence-corrected chi connectivity index (χ1v) is 6.49. The standard InChI is InChI=1S/C12H12N2O4S/c1-6(14(16)12(13)15)9-4-7-2-3-8-10(11(7)19-9)18-5-17-8/h2-4,6,16H,5H2,1H3,(H2,13,15). The molecule has 1 unspecified atom stereocenters. The molecular weight excluding hydrogens is 268 g/mol. The van der Waals surface area contributed by atoms with Crippen LogP contribution in [0.5, 0.6) is 11.5 Å². The minimum absolute atomic E-state index is 0.213. The molecule has 2 amide bonds. The first-order valence-electron chi connectivity index (χ1n) is 5.67. The molecule has 7 heteroatoms. The van der Waals surface area contributed by atoms with E-state index in [2.05, 4.69) is 0 Å². The van der Waals surface area contributed by atoms with Crippen molar-refractivity contribution in [3.05, 3.63) is 23.1 Å². The Kier molecular flexibility index (Phi) is 2.72. The van der Waals surface area contributed by atoms with Gasteiger partial charge in [0.25, 0.3) is 0 Å². The van der Waals surface area contributed by atoms with Crippen LogP contribution < -0.4 is 15.2 Å². The predicted molar refractivity (Wildman–Crippen MR) is 69.6 cm³/mol. The van der Waals surface area contributed by atoms with Crippen LogP contribution in [0.1, 0.15) is 17.8 Å². The summed E-state index contributed by atoms with van der Waals surface area (Å²) in [6.07, 6.45) is 0. The molecule has 6 nitrogen and oxygen atoms in total. The molecule has 19 heavy (non-hydrogen) atoms. The highest BCUT2D eigenvalue weighted by atomic mass is 32.1. The maximum absolute atomic E-state index is 11.0. The van der Waals surface area contributed by atoms with E-state index in [1.165, 1.54) is 11.3 Å². The van der Waals surface area contributed by atoms with Gasteiger partial charge in [0.2, 0.25) is 6.79 Å². The number of thiophene rings is 1. The molecular formula is C12H12N2O4S. The molecule has 0 fully saturated rings. The lowest BCUT2D eigenvalue weighted by Crippen LogP contribution is -2.34. The van der Waals surface area contributed by atoms with Crippen molar-refractivity contribution in [2.45, 2.75) is 13.0 Å². The number of ether oxygens (including phenoxy) is 2. The summed E-state index contributed by atoms with van der Waals surface area (Å²) in [5.74, 6) is 1.42. The zero-order valence-corrected chi connectivity index (χ0v) is 10.9. The summed E-state index contributed by atoms with van der Waals surface area (Å²) in [6.45, 7) is 1.91. The fourth-order valence-electron chi connectivity index (χ4n) is 2.00. The monoisotopic (exact) mass is 280 g/mol. The maximum Gasteiger partial charge on any atom is 0.339 e. The highest BCUT2D eigenvalue weighted by molar-refractivity contribution is 7.19. The molecule has 3 rings (SSSR count). The third kappa shape index (κ3) is 1.87. The van der Waals surface area contributed by atoms with Gasteiger partial charge in [0.15, 0.2) is 11.5 Å². The fourth-order valence-corrected chi connectivity index (χ4v) is 3.19. The number of benzene rings is 1. The molecule has 3 N–H and O–H groups in total. The third-order valence-electron chi connectivity index (χ3n) is 3.05. The van der Waals surface area contributed by atoms with Gasteiger partial charge >= 0.3 is 6.03 Å². The Hall–Kier alpha value is -1.99. The number of amides is 2. The molecule has 1 aromatic carbocycles. The number of carbonyl (C=O) groups excluding carboxylic acids is 1. The van der Waals surface area contributed by atoms with E-state index in [1.54, 1.807) is 6.92 Å². The molecule has 2 heterocycles. The lowest BCUT2D eigenvalue weighted by molar-refractivity contribution is -0.0700. The van der Waals surface area contributed by atoms with E-state index < -0.39 is 12.1 Å². The Balaban J connectivity index is 2.05. The van der Waals surface area contributed by atoms with Crippen LogP contribution >= 0.6 is 11.3 Å². The average Bonchev–Trinajstić information content (AvgIpc) is 3.01. The summed E-state index contributed by atoms with van der Waals surface area (Å²) in [4.78, 5) is 11.8. The van der Waals surface area contributed by atoms with Crippen LogP contribution in [0.3, 0.4) is 0 Å². The van der Waals surface area contributed by atoms with E-state index >= 15 is 0 Å². The van der Waals surface area contributed by atoms with E-state index in [4.69, 9.17) is 15.2 Å². The molecule has 0 bridgehead atoms. The van der Waals surface area contributed by atoms with Crippen LogP contribution in [0.2, 0.25) is 0 Å². The summed E-state index contributed by atoms with van der Waals surface area (Å²) in [5.41, 5.74) is 5.06. The number of nitrogens with two attached hydrogens (primary N) is 1. The molecule has 100 valence electrons. The van der Waals surface area contributed by atoms with Crippen molar-refractivity contribution in [1.29, 1.82) is 0 Å². The van der Waals surface area contributed by atoms with Gasteiger partial charge in [-0.05, 0) is 30.5 Å². The minimum atomic E-state index is -0.880. The Morgan fingerprint density at radius 1 is 1.53 bits per heavy atom. The number of hydrogen-bond acceptors (Lipinski definition) is 5. The number of urea groups is 1. The Bertz CT molecular complexity index is 654. The molecule has 1 aliphatic heterocycles. The predicted octanol–water partition coefficient (Wildman–Crippen LogP) is 2.46. The fraction of sp³-hybridized carbons (Fsp3) is 0.250. The van der Waals surface area contributed by atoms with E-state index in [9.17, 15) is 10.0 Å². The van der Waals surface area contributed by atoms with E-state index in [1.807, 2.05) is 18.2 Å². The zero-order valence-electron chi connectivity index (χ0n) is 10.1. The molecule has 2 aromatic rings. The topological polar surface area (TPSA) is 85.0 Å². The van der Waals surface area contributed by atoms with Crippen LogP contribution in [0.4, 0.5) is 4.79 Å². The van der Waals surface area contributed by atoms with Crippen LogP contribution in [0.15, 0.2) is 18.2 Å². The highest BCUT2D eigenvalue weighted by Gasteiger charge is 2.23. The number of primary amides is 1. The number of carbonyl (C=O) groups is 1. The summed E-state index contributed by atoms with van der Waals surface area (Å²) in [6, 6.07) is 4.28. The van der Waals surface area contributed by atoms with Gasteiger partial charge in [-0.15, -0.1) is 11.3 Å². The molecule has 1 aromatic heterocycles. The minimum Gasteiger partial charge on any atom is -0.454 e. The van der Waals surface area contributed by atoms with Gasteiger partial charge in [0.1, 0.15) is 0 Å². The van der Waals surface area contributed by atoms with Crippen molar-refractivity contribution in [2.75, 3.05) is 6.79 Å². The molecule has 1 aliphatic rings. The van der Waals surface area contributed by atoms with Gasteiger partial charge in [0.05, 0.1) is 10.7 Å². The number of fused-ring (bicyclic) bond motifs is 3. The van der Waals surface area contributed by atoms with Gasteiger partial charge in [0, 0.05) is 4.88 Å². The lowest BCUT2D eigenvalue weighted by Gasteiger charge is -2.18. The molecule has 0 spiro atoms. The number of rotatable bonds is 2. The van der Waals surface area contributed by atoms with Crippen molar-refractivity contribution >= 4 is 27.5 Å². The molecule has 0 saturated carbocycles. The van der Waals surface area contributed by atoms with E-state index in [-0.39, 0.29) is 6.79 Å². The van der Waals surface area contributed by atoms with E-state index in [0.717, 1.165) is 15.0 Å². The van der Waals surface area contributed by atoms with Crippen molar-refractivity contribution in [2.24, 2.45) is 5.73 Å². The number of hydrogen-bond donors (Lipinski definition) is 2. The van der Waals surface area contributed by atoms with Gasteiger partial charge in [-0.25, -0.2) is 4.79 Å². The van der Waals surface area contributed by atoms with Gasteiger partial charge in [-0.1, -0.05) is 0 Å². The normalized spacial score (nSPS) is 14.6. The van der Waals surface area contributed by atoms with Gasteiger partial charge in [-0.3, -0.25) is 5.21 Å². The van der Waals surface area contributed by atoms with Crippen LogP contribution in [0, 0.1) is 0 Å². The molecule has 1 atom stereocenters. The van der Waals surface area contributed by atoms with Crippen molar-refractivity contribution in [3.8, 4) is 11.5 Å². The van der Waals surface area contributed by atoms with Crippen molar-refractivity contribution in [1.82, 2.24) is 5.06 Å². The zero-order chi connectivity index (χ0) is 13.6. The Morgan fingerprint density at radius 2 is 2.32 bits per heavy atom. The lowest BCUT2D eigenvalue weighted by atomic mass is 10.2. The maximum atomic E-state index is 11.0. The second kappa shape index (κ2) is 4.29. The molecule has 0 saturated heterocycles. The van der Waals surface area contributed by atoms with Crippen molar-refractivity contribution in [3.63, 3.8) is 0 Å². The second-order valence-corrected chi connectivity index (χ2v) is 5.31.